The fraction of sp³-hybridized carbons (Fsp3) is 0.917. The van der Waals surface area contributed by atoms with E-state index in [-0.39, 0.29) is 0 Å². The van der Waals surface area contributed by atoms with Crippen molar-refractivity contribution in [2.75, 3.05) is 0 Å². The largest absolute Gasteiger partial charge is 0.256 e. The van der Waals surface area contributed by atoms with Gasteiger partial charge in [-0.3, -0.25) is 0 Å². The van der Waals surface area contributed by atoms with Gasteiger partial charge in [0.2, 0.25) is 0 Å². The smallest absolute Gasteiger partial charge is 0.234 e. The van der Waals surface area contributed by atoms with Crippen LogP contribution in [0.25, 0.3) is 0 Å². The van der Waals surface area contributed by atoms with E-state index in [0.29, 0.717) is 0 Å². The monoisotopic (exact) mass is 532 g/mol. The van der Waals surface area contributed by atoms with Crippen LogP contribution in [0.1, 0.15) is 200 Å². The lowest BCUT2D eigenvalue weighted by Gasteiger charge is -2.06. The summed E-state index contributed by atoms with van der Waals surface area (Å²) in [4.78, 5) is 0. The summed E-state index contributed by atoms with van der Waals surface area (Å²) in [5.41, 5.74) is 0. The van der Waals surface area contributed by atoms with Crippen molar-refractivity contribution in [3.05, 3.63) is 18.2 Å². The van der Waals surface area contributed by atoms with Gasteiger partial charge in [0.05, 0.1) is 13.1 Å². The first-order valence-corrected chi connectivity index (χ1v) is 17.9. The minimum atomic E-state index is 1.18. The summed E-state index contributed by atoms with van der Waals surface area (Å²) in [7, 11) is 0. The molecular formula is C36H71N2+. The molecular weight excluding hydrogens is 460 g/mol. The zero-order valence-corrected chi connectivity index (χ0v) is 26.8. The molecule has 1 rings (SSSR count). The average Bonchev–Trinajstić information content (AvgIpc) is 3.30. The summed E-state index contributed by atoms with van der Waals surface area (Å²) in [6.07, 6.45) is 44.6. The van der Waals surface area contributed by atoms with Crippen LogP contribution in [0.3, 0.4) is 0 Å². The lowest BCUT2D eigenvalue weighted by atomic mass is 10.0. The first kappa shape index (κ1) is 35.2. The minimum Gasteiger partial charge on any atom is -0.234 e. The second-order valence-corrected chi connectivity index (χ2v) is 12.3. The third-order valence-electron chi connectivity index (χ3n) is 8.56. The Labute approximate surface area is 240 Å². The Bertz CT molecular complexity index is 590. The van der Waals surface area contributed by atoms with Crippen molar-refractivity contribution in [3.63, 3.8) is 0 Å². The molecule has 0 radical (unpaired) electrons. The van der Waals surface area contributed by atoms with Gasteiger partial charge in [-0.05, 0) is 25.7 Å². The number of imidazole rings is 1. The molecule has 1 aromatic rings. The zero-order valence-electron chi connectivity index (χ0n) is 26.8. The maximum absolute atomic E-state index is 2.59. The van der Waals surface area contributed by atoms with E-state index in [1.165, 1.54) is 193 Å². The Kier molecular flexibility index (Phi) is 25.7. The number of aryl methyl sites for hydroxylation is 2. The number of hydrogen-bond acceptors (Lipinski definition) is 0. The summed E-state index contributed by atoms with van der Waals surface area (Å²) in [5, 5.41) is 0. The lowest BCUT2D eigenvalue weighted by Crippen LogP contribution is -2.37. The van der Waals surface area contributed by atoms with Crippen molar-refractivity contribution >= 4 is 0 Å². The Morgan fingerprint density at radius 1 is 0.447 bits per heavy atom. The molecule has 0 saturated heterocycles. The standard InChI is InChI=1S/C36H71N2/c1-4-7-9-11-13-15-16-17-18-19-20-21-22-24-26-28-30-33-38-35-34-37(32-6-3)36(38)31-29-27-25-23-14-12-10-8-5-2/h34-35H,4-33H2,1-3H3/q+1. The molecule has 0 unspecified atom stereocenters. The number of unbranched alkanes of at least 4 members (excludes halogenated alkanes) is 24. The van der Waals surface area contributed by atoms with Gasteiger partial charge in [-0.25, -0.2) is 9.13 Å². The van der Waals surface area contributed by atoms with Crippen LogP contribution in [0, 0.1) is 0 Å². The average molecular weight is 532 g/mol. The molecule has 0 aliphatic carbocycles. The van der Waals surface area contributed by atoms with Crippen LogP contribution < -0.4 is 4.57 Å². The van der Waals surface area contributed by atoms with Gasteiger partial charge in [-0.1, -0.05) is 168 Å². The topological polar surface area (TPSA) is 8.81 Å². The predicted molar refractivity (Wildman–Crippen MR) is 170 cm³/mol. The third-order valence-corrected chi connectivity index (χ3v) is 8.56. The summed E-state index contributed by atoms with van der Waals surface area (Å²) < 4.78 is 5.13. The molecule has 1 heterocycles. The molecule has 0 amide bonds. The summed E-state index contributed by atoms with van der Waals surface area (Å²) in [6, 6.07) is 0. The van der Waals surface area contributed by atoms with E-state index < -0.39 is 0 Å². The lowest BCUT2D eigenvalue weighted by molar-refractivity contribution is -0.703. The molecule has 0 atom stereocenters. The Morgan fingerprint density at radius 3 is 1.21 bits per heavy atom. The van der Waals surface area contributed by atoms with Gasteiger partial charge in [-0.15, -0.1) is 0 Å². The summed E-state index contributed by atoms with van der Waals surface area (Å²) in [6.45, 7) is 9.33. The Morgan fingerprint density at radius 2 is 0.816 bits per heavy atom. The maximum atomic E-state index is 2.59. The highest BCUT2D eigenvalue weighted by molar-refractivity contribution is 4.84. The molecule has 0 bridgehead atoms. The number of aromatic nitrogens is 2. The molecule has 38 heavy (non-hydrogen) atoms. The van der Waals surface area contributed by atoms with Gasteiger partial charge in [0.15, 0.2) is 0 Å². The van der Waals surface area contributed by atoms with Crippen LogP contribution in [0.15, 0.2) is 12.4 Å². The molecule has 0 saturated carbocycles. The van der Waals surface area contributed by atoms with Crippen LogP contribution in [0.5, 0.6) is 0 Å². The highest BCUT2D eigenvalue weighted by atomic mass is 15.1. The Balaban J connectivity index is 2.02. The molecule has 0 aliphatic heterocycles. The molecule has 0 N–H and O–H groups in total. The molecule has 2 heteroatoms. The van der Waals surface area contributed by atoms with E-state index in [1.807, 2.05) is 0 Å². The van der Waals surface area contributed by atoms with E-state index in [9.17, 15) is 0 Å². The Hall–Kier alpha value is -0.790. The predicted octanol–water partition coefficient (Wildman–Crippen LogP) is 11.9. The van der Waals surface area contributed by atoms with Crippen LogP contribution in [0.2, 0.25) is 0 Å². The van der Waals surface area contributed by atoms with Gasteiger partial charge in [0, 0.05) is 6.42 Å². The normalized spacial score (nSPS) is 11.6. The molecule has 224 valence electrons. The van der Waals surface area contributed by atoms with Crippen molar-refractivity contribution in [1.29, 1.82) is 0 Å². The van der Waals surface area contributed by atoms with E-state index in [4.69, 9.17) is 0 Å². The van der Waals surface area contributed by atoms with Gasteiger partial charge < -0.3 is 0 Å². The molecule has 1 aromatic heterocycles. The number of nitrogens with zero attached hydrogens (tertiary/aromatic N) is 2. The molecule has 0 aromatic carbocycles. The van der Waals surface area contributed by atoms with Crippen molar-refractivity contribution in [2.24, 2.45) is 0 Å². The van der Waals surface area contributed by atoms with Gasteiger partial charge in [0.25, 0.3) is 5.82 Å². The number of rotatable bonds is 30. The van der Waals surface area contributed by atoms with Gasteiger partial charge >= 0.3 is 0 Å². The van der Waals surface area contributed by atoms with E-state index in [2.05, 4.69) is 42.3 Å². The third kappa shape index (κ3) is 20.2. The molecule has 0 aliphatic rings. The van der Waals surface area contributed by atoms with E-state index in [1.54, 1.807) is 5.82 Å². The van der Waals surface area contributed by atoms with Crippen LogP contribution in [-0.2, 0) is 19.5 Å². The fourth-order valence-electron chi connectivity index (χ4n) is 6.03. The van der Waals surface area contributed by atoms with Crippen molar-refractivity contribution in [2.45, 2.75) is 214 Å². The molecule has 2 nitrogen and oxygen atoms in total. The van der Waals surface area contributed by atoms with E-state index in [0.717, 1.165) is 0 Å². The van der Waals surface area contributed by atoms with Crippen molar-refractivity contribution in [1.82, 2.24) is 4.57 Å². The quantitative estimate of drug-likeness (QED) is 0.0689. The minimum absolute atomic E-state index is 1.18. The van der Waals surface area contributed by atoms with Crippen LogP contribution >= 0.6 is 0 Å². The van der Waals surface area contributed by atoms with Crippen molar-refractivity contribution < 1.29 is 4.57 Å². The van der Waals surface area contributed by atoms with Crippen LogP contribution in [-0.4, -0.2) is 4.57 Å². The van der Waals surface area contributed by atoms with Gasteiger partial charge in [-0.2, -0.15) is 0 Å². The van der Waals surface area contributed by atoms with Gasteiger partial charge in [0.1, 0.15) is 12.4 Å². The molecule has 0 fully saturated rings. The van der Waals surface area contributed by atoms with Crippen LogP contribution in [0.4, 0.5) is 0 Å². The highest BCUT2D eigenvalue weighted by Gasteiger charge is 2.15. The number of hydrogen-bond donors (Lipinski definition) is 0. The van der Waals surface area contributed by atoms with Crippen molar-refractivity contribution in [3.8, 4) is 0 Å². The first-order chi connectivity index (χ1) is 18.8. The molecule has 0 spiro atoms. The highest BCUT2D eigenvalue weighted by Crippen LogP contribution is 2.15. The maximum Gasteiger partial charge on any atom is 0.256 e. The SMILES string of the molecule is CCCCCCCCCCCCCCCCCCCn1cc[n+](CCC)c1CCCCCCCCCCC. The fourth-order valence-corrected chi connectivity index (χ4v) is 6.03. The zero-order chi connectivity index (χ0) is 27.4. The second kappa shape index (κ2) is 27.8. The van der Waals surface area contributed by atoms with E-state index >= 15 is 0 Å². The summed E-state index contributed by atoms with van der Waals surface area (Å²) >= 11 is 0. The summed E-state index contributed by atoms with van der Waals surface area (Å²) in [5.74, 6) is 1.59. The first-order valence-electron chi connectivity index (χ1n) is 17.9. The second-order valence-electron chi connectivity index (χ2n) is 12.3.